The van der Waals surface area contributed by atoms with Crippen LogP contribution in [0.1, 0.15) is 32.1 Å². The summed E-state index contributed by atoms with van der Waals surface area (Å²) >= 11 is 9.49. The highest BCUT2D eigenvalue weighted by Gasteiger charge is 2.45. The van der Waals surface area contributed by atoms with E-state index in [1.165, 1.54) is 38.3 Å². The largest absolute Gasteiger partial charge is 0.547 e. The van der Waals surface area contributed by atoms with Crippen LogP contribution >= 0.6 is 27.5 Å². The fourth-order valence-corrected chi connectivity index (χ4v) is 4.26. The maximum atomic E-state index is 11.0. The van der Waals surface area contributed by atoms with E-state index >= 15 is 0 Å². The van der Waals surface area contributed by atoms with Crippen molar-refractivity contribution in [3.05, 3.63) is 27.8 Å². The molecule has 5 atom stereocenters. The first kappa shape index (κ1) is 24.2. The maximum Gasteiger partial charge on any atom is 0.229 e. The molecule has 2 aromatic rings. The lowest BCUT2D eigenvalue weighted by Gasteiger charge is -2.40. The lowest BCUT2D eigenvalue weighted by Crippen LogP contribution is -2.63. The predicted molar refractivity (Wildman–Crippen MR) is 113 cm³/mol. The van der Waals surface area contributed by atoms with Crippen LogP contribution in [0, 0.1) is 0 Å². The molecule has 1 aromatic heterocycles. The summed E-state index contributed by atoms with van der Waals surface area (Å²) in [6.45, 7) is 0. The molecule has 0 spiro atoms. The third-order valence-corrected chi connectivity index (χ3v) is 6.75. The molecule has 31 heavy (non-hydrogen) atoms. The van der Waals surface area contributed by atoms with Crippen LogP contribution in [0.25, 0.3) is 10.9 Å². The number of carboxylic acids is 1. The summed E-state index contributed by atoms with van der Waals surface area (Å²) in [6.07, 6.45) is -0.184. The SMILES string of the molecule is O=C([O-])C1O[C@@H](Oc2c[nH]c3ccc(Br)c(Cl)c23)C(O)[C@H](O)[C@@H]1O.[NH3+]C1CCCCC1. The molecule has 2 unspecified atom stereocenters. The number of aliphatic hydroxyl groups is 3. The predicted octanol–water partition coefficient (Wildman–Crippen LogP) is 0.0811. The monoisotopic (exact) mass is 520 g/mol. The van der Waals surface area contributed by atoms with E-state index in [2.05, 4.69) is 26.6 Å². The van der Waals surface area contributed by atoms with E-state index in [0.717, 1.165) is 6.04 Å². The second-order valence-corrected chi connectivity index (χ2v) is 9.01. The summed E-state index contributed by atoms with van der Waals surface area (Å²) in [5, 5.41) is 41.2. The van der Waals surface area contributed by atoms with Gasteiger partial charge in [-0.3, -0.25) is 0 Å². The Bertz CT molecular complexity index is 905. The molecule has 2 heterocycles. The highest BCUT2D eigenvalue weighted by molar-refractivity contribution is 9.10. The first-order valence-electron chi connectivity index (χ1n) is 10.1. The Morgan fingerprint density at radius 2 is 1.87 bits per heavy atom. The fraction of sp³-hybridized carbons (Fsp3) is 0.550. The number of fused-ring (bicyclic) bond motifs is 1. The molecular formula is C20H26BrClN2O7. The number of H-pyrrole nitrogens is 1. The van der Waals surface area contributed by atoms with Gasteiger partial charge in [-0.15, -0.1) is 0 Å². The number of nitrogens with one attached hydrogen (secondary N) is 1. The quantitative estimate of drug-likeness (QED) is 0.382. The van der Waals surface area contributed by atoms with Crippen molar-refractivity contribution in [1.29, 1.82) is 0 Å². The molecule has 172 valence electrons. The van der Waals surface area contributed by atoms with E-state index in [-0.39, 0.29) is 5.75 Å². The molecule has 1 saturated heterocycles. The van der Waals surface area contributed by atoms with E-state index < -0.39 is 36.7 Å². The van der Waals surface area contributed by atoms with E-state index in [4.69, 9.17) is 21.1 Å². The number of carboxylic acid groups (broad SMARTS) is 1. The number of carbonyl (C=O) groups is 1. The van der Waals surface area contributed by atoms with E-state index in [0.29, 0.717) is 20.4 Å². The summed E-state index contributed by atoms with van der Waals surface area (Å²) < 4.78 is 11.1. The molecule has 7 N–H and O–H groups in total. The third kappa shape index (κ3) is 5.51. The van der Waals surface area contributed by atoms with Crippen molar-refractivity contribution < 1.29 is 40.4 Å². The van der Waals surface area contributed by atoms with Gasteiger partial charge >= 0.3 is 0 Å². The number of ether oxygens (including phenoxy) is 2. The summed E-state index contributed by atoms with van der Waals surface area (Å²) in [6, 6.07) is 4.25. The van der Waals surface area contributed by atoms with Crippen LogP contribution in [-0.2, 0) is 9.53 Å². The third-order valence-electron chi connectivity index (χ3n) is 5.47. The molecule has 0 radical (unpaired) electrons. The summed E-state index contributed by atoms with van der Waals surface area (Å²) in [7, 11) is 0. The van der Waals surface area contributed by atoms with Crippen molar-refractivity contribution in [2.75, 3.05) is 0 Å². The molecule has 11 heteroatoms. The minimum atomic E-state index is -1.85. The van der Waals surface area contributed by atoms with Gasteiger partial charge in [0.15, 0.2) is 0 Å². The van der Waals surface area contributed by atoms with Gasteiger partial charge in [-0.2, -0.15) is 0 Å². The van der Waals surface area contributed by atoms with E-state index in [9.17, 15) is 25.2 Å². The lowest BCUT2D eigenvalue weighted by atomic mass is 9.97. The van der Waals surface area contributed by atoms with Crippen LogP contribution in [0.3, 0.4) is 0 Å². The average Bonchev–Trinajstić information content (AvgIpc) is 3.15. The summed E-state index contributed by atoms with van der Waals surface area (Å²) in [4.78, 5) is 13.9. The second kappa shape index (κ2) is 10.5. The molecule has 0 amide bonds. The zero-order chi connectivity index (χ0) is 22.7. The van der Waals surface area contributed by atoms with Gasteiger partial charge in [0.05, 0.1) is 27.9 Å². The number of benzene rings is 1. The number of aliphatic hydroxyl groups excluding tert-OH is 3. The molecule has 1 aliphatic carbocycles. The van der Waals surface area contributed by atoms with Gasteiger partial charge in [0.1, 0.15) is 30.2 Å². The van der Waals surface area contributed by atoms with Gasteiger partial charge in [-0.25, -0.2) is 0 Å². The highest BCUT2D eigenvalue weighted by Crippen LogP contribution is 2.38. The molecule has 0 bridgehead atoms. The van der Waals surface area contributed by atoms with E-state index in [1.807, 2.05) is 0 Å². The number of aliphatic carboxylic acids is 1. The van der Waals surface area contributed by atoms with Gasteiger partial charge in [-0.1, -0.05) is 18.0 Å². The molecule has 1 aromatic carbocycles. The van der Waals surface area contributed by atoms with Gasteiger partial charge in [0.2, 0.25) is 6.29 Å². The van der Waals surface area contributed by atoms with Crippen LogP contribution in [0.2, 0.25) is 5.02 Å². The first-order chi connectivity index (χ1) is 14.7. The minimum absolute atomic E-state index is 0.182. The van der Waals surface area contributed by atoms with Gasteiger partial charge in [0.25, 0.3) is 0 Å². The molecule has 1 saturated carbocycles. The van der Waals surface area contributed by atoms with Crippen molar-refractivity contribution in [2.24, 2.45) is 0 Å². The standard InChI is InChI=1S/C14H13BrClNO7.C6H13N/c15-4-1-2-5-7(8(4)16)6(3-17-5)23-14-11(20)9(18)10(19)12(24-14)13(21)22;7-6-4-2-1-3-5-6/h1-3,9-12,14,17-20H,(H,21,22);6H,1-5,7H2/t9-,10+,11?,12?,14-;/m1./s1. The van der Waals surface area contributed by atoms with Crippen molar-refractivity contribution in [3.8, 4) is 5.75 Å². The van der Waals surface area contributed by atoms with Crippen molar-refractivity contribution in [2.45, 2.75) is 68.9 Å². The maximum absolute atomic E-state index is 11.0. The van der Waals surface area contributed by atoms with Crippen LogP contribution in [0.5, 0.6) is 5.75 Å². The summed E-state index contributed by atoms with van der Waals surface area (Å²) in [5.74, 6) is -1.55. The molecule has 2 aliphatic rings. The number of hydrogen-bond donors (Lipinski definition) is 5. The minimum Gasteiger partial charge on any atom is -0.547 e. The Balaban J connectivity index is 0.000000330. The number of rotatable bonds is 3. The average molecular weight is 522 g/mol. The number of aromatic nitrogens is 1. The summed E-state index contributed by atoms with van der Waals surface area (Å²) in [5.41, 5.74) is 4.64. The van der Waals surface area contributed by atoms with Crippen LogP contribution in [0.4, 0.5) is 0 Å². The topological polar surface area (TPSA) is 163 Å². The molecular weight excluding hydrogens is 496 g/mol. The zero-order valence-electron chi connectivity index (χ0n) is 16.7. The number of hydrogen-bond acceptors (Lipinski definition) is 7. The van der Waals surface area contributed by atoms with Gasteiger partial charge in [-0.05, 0) is 53.7 Å². The normalized spacial score (nSPS) is 29.3. The smallest absolute Gasteiger partial charge is 0.229 e. The van der Waals surface area contributed by atoms with Crippen LogP contribution in [-0.4, -0.2) is 63.0 Å². The highest BCUT2D eigenvalue weighted by atomic mass is 79.9. The fourth-order valence-electron chi connectivity index (χ4n) is 3.67. The van der Waals surface area contributed by atoms with Crippen molar-refractivity contribution in [1.82, 2.24) is 4.98 Å². The van der Waals surface area contributed by atoms with Gasteiger partial charge < -0.3 is 45.4 Å². The Morgan fingerprint density at radius 3 is 2.45 bits per heavy atom. The number of aromatic amines is 1. The number of quaternary nitrogens is 1. The molecule has 4 rings (SSSR count). The van der Waals surface area contributed by atoms with Crippen LogP contribution < -0.4 is 15.6 Å². The van der Waals surface area contributed by atoms with Crippen molar-refractivity contribution in [3.63, 3.8) is 0 Å². The van der Waals surface area contributed by atoms with Crippen LogP contribution in [0.15, 0.2) is 22.8 Å². The zero-order valence-corrected chi connectivity index (χ0v) is 19.0. The number of halogens is 2. The van der Waals surface area contributed by atoms with Gasteiger partial charge in [0, 0.05) is 10.7 Å². The Kier molecular flexibility index (Phi) is 8.19. The molecule has 9 nitrogen and oxygen atoms in total. The molecule has 2 fully saturated rings. The second-order valence-electron chi connectivity index (χ2n) is 7.77. The van der Waals surface area contributed by atoms with E-state index in [1.54, 1.807) is 12.1 Å². The Morgan fingerprint density at radius 1 is 1.19 bits per heavy atom. The Labute approximate surface area is 192 Å². The molecule has 1 aliphatic heterocycles. The Hall–Kier alpha value is -1.40. The number of carbonyl (C=O) groups excluding carboxylic acids is 1. The van der Waals surface area contributed by atoms with Crippen molar-refractivity contribution >= 4 is 44.4 Å². The lowest BCUT2D eigenvalue weighted by molar-refractivity contribution is -0.425. The first-order valence-corrected chi connectivity index (χ1v) is 11.2.